The van der Waals surface area contributed by atoms with Gasteiger partial charge >= 0.3 is 5.69 Å². The van der Waals surface area contributed by atoms with E-state index in [1.807, 2.05) is 11.4 Å². The summed E-state index contributed by atoms with van der Waals surface area (Å²) >= 11 is 4.82. The molecule has 0 unspecified atom stereocenters. The Morgan fingerprint density at radius 1 is 1.29 bits per heavy atom. The Kier molecular flexibility index (Phi) is 5.83. The van der Waals surface area contributed by atoms with Crippen molar-refractivity contribution in [1.29, 1.82) is 0 Å². The lowest BCUT2D eigenvalue weighted by Gasteiger charge is -2.04. The number of tetrazole rings is 1. The Bertz CT molecular complexity index is 823. The van der Waals surface area contributed by atoms with Crippen molar-refractivity contribution < 1.29 is 4.79 Å². The van der Waals surface area contributed by atoms with E-state index in [0.29, 0.717) is 11.5 Å². The van der Waals surface area contributed by atoms with Crippen LogP contribution in [0.2, 0.25) is 0 Å². The minimum Gasteiger partial charge on any atom is -0.354 e. The standard InChI is InChI=1S/C14H15N5O2S3/c20-12(15-4-7-23-10-11-3-6-22-9-11)8-18-14(21)19(17-16-18)13-2-1-5-24-13/h1-3,5-6,9H,4,7-8,10H2,(H,15,20). The SMILES string of the molecule is O=C(Cn1nnn(-c2cccs2)c1=O)NCCSCc1ccsc1. The summed E-state index contributed by atoms with van der Waals surface area (Å²) < 4.78 is 2.25. The molecule has 0 atom stereocenters. The van der Waals surface area contributed by atoms with Crippen molar-refractivity contribution in [2.24, 2.45) is 0 Å². The molecule has 3 aromatic rings. The number of rotatable bonds is 8. The van der Waals surface area contributed by atoms with Gasteiger partial charge in [0.1, 0.15) is 11.5 Å². The molecule has 3 heterocycles. The van der Waals surface area contributed by atoms with Gasteiger partial charge in [0.05, 0.1) is 0 Å². The lowest BCUT2D eigenvalue weighted by atomic mass is 10.4. The first-order chi connectivity index (χ1) is 11.7. The maximum absolute atomic E-state index is 12.1. The van der Waals surface area contributed by atoms with Gasteiger partial charge in [-0.1, -0.05) is 0 Å². The van der Waals surface area contributed by atoms with E-state index in [4.69, 9.17) is 0 Å². The monoisotopic (exact) mass is 381 g/mol. The summed E-state index contributed by atoms with van der Waals surface area (Å²) in [6.45, 7) is 0.431. The number of amides is 1. The van der Waals surface area contributed by atoms with Gasteiger partial charge in [0.2, 0.25) is 5.91 Å². The van der Waals surface area contributed by atoms with Crippen LogP contribution < -0.4 is 11.0 Å². The van der Waals surface area contributed by atoms with Gasteiger partial charge in [-0.25, -0.2) is 4.79 Å². The van der Waals surface area contributed by atoms with Crippen LogP contribution in [-0.4, -0.2) is 38.0 Å². The Labute approximate surface area is 150 Å². The Balaban J connectivity index is 1.43. The smallest absolute Gasteiger partial charge is 0.354 e. The van der Waals surface area contributed by atoms with E-state index in [-0.39, 0.29) is 12.5 Å². The van der Waals surface area contributed by atoms with Gasteiger partial charge in [0, 0.05) is 18.1 Å². The number of hydrogen-bond donors (Lipinski definition) is 1. The maximum Gasteiger partial charge on any atom is 0.369 e. The fraction of sp³-hybridized carbons (Fsp3) is 0.286. The van der Waals surface area contributed by atoms with Crippen molar-refractivity contribution >= 4 is 40.3 Å². The zero-order valence-electron chi connectivity index (χ0n) is 12.6. The first-order valence-corrected chi connectivity index (χ1v) is 10.1. The minimum atomic E-state index is -0.417. The van der Waals surface area contributed by atoms with Crippen LogP contribution in [0.4, 0.5) is 0 Å². The van der Waals surface area contributed by atoms with Gasteiger partial charge in [-0.3, -0.25) is 4.79 Å². The summed E-state index contributed by atoms with van der Waals surface area (Å²) in [4.78, 5) is 24.0. The molecule has 0 spiro atoms. The quantitative estimate of drug-likeness (QED) is 0.600. The zero-order chi connectivity index (χ0) is 16.8. The van der Waals surface area contributed by atoms with Crippen molar-refractivity contribution in [3.63, 3.8) is 0 Å². The Hall–Kier alpha value is -1.91. The van der Waals surface area contributed by atoms with Gasteiger partial charge in [-0.05, 0) is 50.3 Å². The second kappa shape index (κ2) is 8.27. The first kappa shape index (κ1) is 16.9. The number of thiophene rings is 2. The highest BCUT2D eigenvalue weighted by Crippen LogP contribution is 2.14. The third-order valence-corrected chi connectivity index (χ3v) is 5.67. The Morgan fingerprint density at radius 3 is 2.96 bits per heavy atom. The number of nitrogens with one attached hydrogen (secondary N) is 1. The number of nitrogens with zero attached hydrogens (tertiary/aromatic N) is 4. The molecule has 0 fully saturated rings. The van der Waals surface area contributed by atoms with E-state index >= 15 is 0 Å². The minimum absolute atomic E-state index is 0.126. The molecule has 24 heavy (non-hydrogen) atoms. The van der Waals surface area contributed by atoms with Crippen LogP contribution in [0.25, 0.3) is 5.00 Å². The van der Waals surface area contributed by atoms with Gasteiger partial charge in [0.15, 0.2) is 0 Å². The molecule has 3 aromatic heterocycles. The molecule has 0 aromatic carbocycles. The number of carbonyl (C=O) groups is 1. The van der Waals surface area contributed by atoms with E-state index in [2.05, 4.69) is 32.6 Å². The highest BCUT2D eigenvalue weighted by Gasteiger charge is 2.12. The van der Waals surface area contributed by atoms with Crippen LogP contribution in [0.5, 0.6) is 0 Å². The van der Waals surface area contributed by atoms with Gasteiger partial charge in [-0.15, -0.1) is 11.3 Å². The fourth-order valence-corrected chi connectivity index (χ4v) is 4.17. The second-order valence-corrected chi connectivity index (χ2v) is 7.63. The lowest BCUT2D eigenvalue weighted by Crippen LogP contribution is -2.34. The normalized spacial score (nSPS) is 10.8. The molecule has 0 saturated heterocycles. The van der Waals surface area contributed by atoms with Crippen LogP contribution >= 0.6 is 34.4 Å². The molecule has 126 valence electrons. The number of aromatic nitrogens is 4. The largest absolute Gasteiger partial charge is 0.369 e. The van der Waals surface area contributed by atoms with E-state index in [1.54, 1.807) is 29.2 Å². The molecule has 0 radical (unpaired) electrons. The predicted molar refractivity (Wildman–Crippen MR) is 97.0 cm³/mol. The average Bonchev–Trinajstić information content (AvgIpc) is 3.30. The zero-order valence-corrected chi connectivity index (χ0v) is 15.1. The Morgan fingerprint density at radius 2 is 2.21 bits per heavy atom. The predicted octanol–water partition coefficient (Wildman–Crippen LogP) is 1.60. The van der Waals surface area contributed by atoms with Crippen molar-refractivity contribution in [3.8, 4) is 5.00 Å². The van der Waals surface area contributed by atoms with Gasteiger partial charge in [-0.2, -0.15) is 32.5 Å². The van der Waals surface area contributed by atoms with Crippen molar-refractivity contribution in [3.05, 3.63) is 50.4 Å². The highest BCUT2D eigenvalue weighted by atomic mass is 32.2. The summed E-state index contributed by atoms with van der Waals surface area (Å²) in [5.74, 6) is 1.51. The molecule has 3 rings (SSSR count). The molecule has 0 aliphatic heterocycles. The second-order valence-electron chi connectivity index (χ2n) is 4.82. The third-order valence-electron chi connectivity index (χ3n) is 3.07. The maximum atomic E-state index is 12.1. The molecule has 0 aliphatic rings. The van der Waals surface area contributed by atoms with E-state index in [9.17, 15) is 9.59 Å². The average molecular weight is 382 g/mol. The third kappa shape index (κ3) is 4.34. The highest BCUT2D eigenvalue weighted by molar-refractivity contribution is 7.98. The summed E-state index contributed by atoms with van der Waals surface area (Å²) in [6.07, 6.45) is 0. The first-order valence-electron chi connectivity index (χ1n) is 7.16. The molecule has 0 aliphatic carbocycles. The summed E-state index contributed by atoms with van der Waals surface area (Å²) in [6, 6.07) is 5.70. The van der Waals surface area contributed by atoms with Crippen LogP contribution in [0.1, 0.15) is 5.56 Å². The van der Waals surface area contributed by atoms with E-state index < -0.39 is 5.69 Å². The number of carbonyl (C=O) groups excluding carboxylic acids is 1. The van der Waals surface area contributed by atoms with E-state index in [1.165, 1.54) is 21.6 Å². The van der Waals surface area contributed by atoms with Crippen LogP contribution in [0.3, 0.4) is 0 Å². The van der Waals surface area contributed by atoms with Crippen LogP contribution in [0, 0.1) is 0 Å². The van der Waals surface area contributed by atoms with Gasteiger partial charge < -0.3 is 5.32 Å². The summed E-state index contributed by atoms with van der Waals surface area (Å²) in [5.41, 5.74) is 0.882. The number of hydrogen-bond acceptors (Lipinski definition) is 7. The van der Waals surface area contributed by atoms with Crippen LogP contribution in [-0.2, 0) is 17.1 Å². The number of thioether (sulfide) groups is 1. The van der Waals surface area contributed by atoms with Crippen LogP contribution in [0.15, 0.2) is 39.1 Å². The molecule has 1 amide bonds. The molecule has 0 saturated carbocycles. The van der Waals surface area contributed by atoms with E-state index in [0.717, 1.165) is 16.2 Å². The summed E-state index contributed by atoms with van der Waals surface area (Å²) in [5, 5.41) is 17.0. The topological polar surface area (TPSA) is 81.8 Å². The molecule has 10 heteroatoms. The molecular weight excluding hydrogens is 366 g/mol. The van der Waals surface area contributed by atoms with Crippen molar-refractivity contribution in [1.82, 2.24) is 25.1 Å². The van der Waals surface area contributed by atoms with Crippen molar-refractivity contribution in [2.45, 2.75) is 12.3 Å². The van der Waals surface area contributed by atoms with Gasteiger partial charge in [0.25, 0.3) is 0 Å². The molecule has 0 bridgehead atoms. The fourth-order valence-electron chi connectivity index (χ4n) is 1.92. The molecule has 1 N–H and O–H groups in total. The lowest BCUT2D eigenvalue weighted by molar-refractivity contribution is -0.121. The molecule has 7 nitrogen and oxygen atoms in total. The molecular formula is C14H15N5O2S3. The summed E-state index contributed by atoms with van der Waals surface area (Å²) in [7, 11) is 0. The van der Waals surface area contributed by atoms with Crippen molar-refractivity contribution in [2.75, 3.05) is 12.3 Å².